The van der Waals surface area contributed by atoms with Gasteiger partial charge in [-0.1, -0.05) is 12.1 Å². The molecular formula is C14H19N3O. The maximum Gasteiger partial charge on any atom is 0.148 e. The average molecular weight is 245 g/mol. The minimum atomic E-state index is 0.383. The van der Waals surface area contributed by atoms with Crippen LogP contribution in [0.25, 0.3) is 0 Å². The third-order valence-corrected chi connectivity index (χ3v) is 2.99. The van der Waals surface area contributed by atoms with Gasteiger partial charge in [-0.15, -0.1) is 0 Å². The van der Waals surface area contributed by atoms with E-state index in [1.54, 1.807) is 0 Å². The Bertz CT molecular complexity index is 523. The molecule has 0 unspecified atom stereocenters. The molecule has 1 heterocycles. The molecule has 0 bridgehead atoms. The number of hydrogen-bond acceptors (Lipinski definition) is 3. The molecule has 18 heavy (non-hydrogen) atoms. The molecule has 2 N–H and O–H groups in total. The summed E-state index contributed by atoms with van der Waals surface area (Å²) < 4.78 is 1.88. The highest BCUT2D eigenvalue weighted by molar-refractivity contribution is 5.43. The fraction of sp³-hybridized carbons (Fsp3) is 0.357. The Balaban J connectivity index is 2.06. The Labute approximate surface area is 107 Å². The van der Waals surface area contributed by atoms with Crippen molar-refractivity contribution in [3.63, 3.8) is 0 Å². The lowest BCUT2D eigenvalue weighted by molar-refractivity contribution is 0.466. The van der Waals surface area contributed by atoms with Crippen LogP contribution in [0.3, 0.4) is 0 Å². The molecule has 0 saturated heterocycles. The van der Waals surface area contributed by atoms with Crippen molar-refractivity contribution in [3.05, 3.63) is 41.1 Å². The molecule has 0 aliphatic rings. The van der Waals surface area contributed by atoms with Crippen LogP contribution >= 0.6 is 0 Å². The van der Waals surface area contributed by atoms with Gasteiger partial charge in [0.1, 0.15) is 11.6 Å². The van der Waals surface area contributed by atoms with Gasteiger partial charge in [0, 0.05) is 25.4 Å². The standard InChI is InChI=1S/C14H19N3O/c1-4-17-6-5-13(16-17)15-9-12-7-10(2)14(18)11(3)8-12/h5-8,18H,4,9H2,1-3H3,(H,15,16). The number of benzene rings is 1. The van der Waals surface area contributed by atoms with Gasteiger partial charge in [-0.3, -0.25) is 4.68 Å². The second-order valence-corrected chi connectivity index (χ2v) is 4.49. The van der Waals surface area contributed by atoms with Gasteiger partial charge < -0.3 is 10.4 Å². The van der Waals surface area contributed by atoms with E-state index < -0.39 is 0 Å². The minimum Gasteiger partial charge on any atom is -0.507 e. The minimum absolute atomic E-state index is 0.383. The quantitative estimate of drug-likeness (QED) is 0.870. The van der Waals surface area contributed by atoms with Gasteiger partial charge in [-0.05, 0) is 37.5 Å². The Morgan fingerprint density at radius 1 is 1.28 bits per heavy atom. The van der Waals surface area contributed by atoms with Crippen molar-refractivity contribution in [2.24, 2.45) is 0 Å². The molecule has 0 saturated carbocycles. The largest absolute Gasteiger partial charge is 0.507 e. The van der Waals surface area contributed by atoms with E-state index in [0.717, 1.165) is 29.1 Å². The number of aryl methyl sites for hydroxylation is 3. The lowest BCUT2D eigenvalue weighted by Crippen LogP contribution is -2.02. The molecule has 2 aromatic rings. The van der Waals surface area contributed by atoms with E-state index in [1.165, 1.54) is 0 Å². The number of nitrogens with zero attached hydrogens (tertiary/aromatic N) is 2. The van der Waals surface area contributed by atoms with E-state index in [9.17, 15) is 5.11 Å². The number of phenols is 1. The topological polar surface area (TPSA) is 50.1 Å². The van der Waals surface area contributed by atoms with Crippen LogP contribution in [-0.2, 0) is 13.1 Å². The lowest BCUT2D eigenvalue weighted by Gasteiger charge is -2.08. The number of aromatic nitrogens is 2. The second kappa shape index (κ2) is 5.12. The zero-order chi connectivity index (χ0) is 13.1. The maximum atomic E-state index is 9.72. The zero-order valence-corrected chi connectivity index (χ0v) is 11.1. The second-order valence-electron chi connectivity index (χ2n) is 4.49. The van der Waals surface area contributed by atoms with Gasteiger partial charge in [0.25, 0.3) is 0 Å². The van der Waals surface area contributed by atoms with Gasteiger partial charge in [0.15, 0.2) is 0 Å². The highest BCUT2D eigenvalue weighted by Gasteiger charge is 2.04. The van der Waals surface area contributed by atoms with Gasteiger partial charge >= 0.3 is 0 Å². The number of anilines is 1. The van der Waals surface area contributed by atoms with Gasteiger partial charge in [-0.25, -0.2) is 0 Å². The van der Waals surface area contributed by atoms with Gasteiger partial charge in [0.2, 0.25) is 0 Å². The molecular weight excluding hydrogens is 226 g/mol. The molecule has 4 heteroatoms. The molecule has 0 fully saturated rings. The van der Waals surface area contributed by atoms with Crippen molar-refractivity contribution in [1.82, 2.24) is 9.78 Å². The summed E-state index contributed by atoms with van der Waals surface area (Å²) in [6, 6.07) is 5.95. The predicted octanol–water partition coefficient (Wildman–Crippen LogP) is 2.84. The smallest absolute Gasteiger partial charge is 0.148 e. The lowest BCUT2D eigenvalue weighted by atomic mass is 10.1. The van der Waals surface area contributed by atoms with Crippen LogP contribution in [0.5, 0.6) is 5.75 Å². The maximum absolute atomic E-state index is 9.72. The number of aromatic hydroxyl groups is 1. The molecule has 0 aliphatic heterocycles. The molecule has 96 valence electrons. The van der Waals surface area contributed by atoms with Gasteiger partial charge in [0.05, 0.1) is 0 Å². The highest BCUT2D eigenvalue weighted by atomic mass is 16.3. The third-order valence-electron chi connectivity index (χ3n) is 2.99. The molecule has 1 aromatic carbocycles. The van der Waals surface area contributed by atoms with Crippen LogP contribution in [0.2, 0.25) is 0 Å². The fourth-order valence-corrected chi connectivity index (χ4v) is 1.97. The third kappa shape index (κ3) is 2.64. The summed E-state index contributed by atoms with van der Waals surface area (Å²) >= 11 is 0. The summed E-state index contributed by atoms with van der Waals surface area (Å²) in [4.78, 5) is 0. The Morgan fingerprint density at radius 2 is 1.94 bits per heavy atom. The zero-order valence-electron chi connectivity index (χ0n) is 11.1. The Hall–Kier alpha value is -1.97. The average Bonchev–Trinajstić information content (AvgIpc) is 2.81. The summed E-state index contributed by atoms with van der Waals surface area (Å²) in [7, 11) is 0. The highest BCUT2D eigenvalue weighted by Crippen LogP contribution is 2.23. The van der Waals surface area contributed by atoms with Crippen molar-refractivity contribution in [1.29, 1.82) is 0 Å². The molecule has 0 radical (unpaired) electrons. The number of phenolic OH excluding ortho intramolecular Hbond substituents is 1. The molecule has 0 aliphatic carbocycles. The SMILES string of the molecule is CCn1ccc(NCc2cc(C)c(O)c(C)c2)n1. The van der Waals surface area contributed by atoms with Crippen LogP contribution in [0.15, 0.2) is 24.4 Å². The van der Waals surface area contributed by atoms with E-state index in [-0.39, 0.29) is 0 Å². The predicted molar refractivity (Wildman–Crippen MR) is 72.8 cm³/mol. The summed E-state index contributed by atoms with van der Waals surface area (Å²) in [6.07, 6.45) is 1.95. The Kier molecular flexibility index (Phi) is 3.55. The Morgan fingerprint density at radius 3 is 2.50 bits per heavy atom. The summed E-state index contributed by atoms with van der Waals surface area (Å²) in [5, 5.41) is 17.4. The van der Waals surface area contributed by atoms with E-state index in [1.807, 2.05) is 42.9 Å². The molecule has 4 nitrogen and oxygen atoms in total. The first-order valence-electron chi connectivity index (χ1n) is 6.16. The van der Waals surface area contributed by atoms with Crippen molar-refractivity contribution in [2.45, 2.75) is 33.9 Å². The monoisotopic (exact) mass is 245 g/mol. The van der Waals surface area contributed by atoms with Crippen LogP contribution in [0.1, 0.15) is 23.6 Å². The molecule has 1 aromatic heterocycles. The number of hydrogen-bond donors (Lipinski definition) is 2. The van der Waals surface area contributed by atoms with Gasteiger partial charge in [-0.2, -0.15) is 5.10 Å². The number of rotatable bonds is 4. The van der Waals surface area contributed by atoms with E-state index >= 15 is 0 Å². The van der Waals surface area contributed by atoms with Crippen molar-refractivity contribution < 1.29 is 5.11 Å². The first-order valence-corrected chi connectivity index (χ1v) is 6.16. The van der Waals surface area contributed by atoms with E-state index in [4.69, 9.17) is 0 Å². The van der Waals surface area contributed by atoms with Crippen molar-refractivity contribution >= 4 is 5.82 Å². The van der Waals surface area contributed by atoms with Crippen LogP contribution in [0.4, 0.5) is 5.82 Å². The molecule has 0 atom stereocenters. The van der Waals surface area contributed by atoms with E-state index in [0.29, 0.717) is 12.3 Å². The van der Waals surface area contributed by atoms with Crippen molar-refractivity contribution in [3.8, 4) is 5.75 Å². The van der Waals surface area contributed by atoms with E-state index in [2.05, 4.69) is 17.3 Å². The molecule has 0 amide bonds. The first-order chi connectivity index (χ1) is 8.60. The summed E-state index contributed by atoms with van der Waals surface area (Å²) in [5.74, 6) is 1.26. The normalized spacial score (nSPS) is 10.6. The molecule has 2 rings (SSSR count). The molecule has 0 spiro atoms. The van der Waals surface area contributed by atoms with Crippen LogP contribution in [-0.4, -0.2) is 14.9 Å². The van der Waals surface area contributed by atoms with Crippen molar-refractivity contribution in [2.75, 3.05) is 5.32 Å². The van der Waals surface area contributed by atoms with Crippen LogP contribution in [0, 0.1) is 13.8 Å². The summed E-state index contributed by atoms with van der Waals surface area (Å²) in [6.45, 7) is 7.47. The van der Waals surface area contributed by atoms with Crippen LogP contribution < -0.4 is 5.32 Å². The number of nitrogens with one attached hydrogen (secondary N) is 1. The fourth-order valence-electron chi connectivity index (χ4n) is 1.97. The first kappa shape index (κ1) is 12.5. The summed E-state index contributed by atoms with van der Waals surface area (Å²) in [5.41, 5.74) is 2.96.